The second-order valence-corrected chi connectivity index (χ2v) is 6.43. The third kappa shape index (κ3) is 3.26. The summed E-state index contributed by atoms with van der Waals surface area (Å²) < 4.78 is 5.21. The lowest BCUT2D eigenvalue weighted by Gasteiger charge is -2.34. The average molecular weight is 255 g/mol. The molecule has 1 aliphatic heterocycles. The van der Waals surface area contributed by atoms with Crippen LogP contribution in [-0.4, -0.2) is 33.6 Å². The molecule has 0 bridgehead atoms. The summed E-state index contributed by atoms with van der Waals surface area (Å²) in [6.07, 6.45) is 1.11. The Morgan fingerprint density at radius 3 is 2.71 bits per heavy atom. The number of rotatable bonds is 2. The highest BCUT2D eigenvalue weighted by Gasteiger charge is 2.22. The molecule has 0 aliphatic carbocycles. The Balaban J connectivity index is 2.05. The molecule has 17 heavy (non-hydrogen) atoms. The van der Waals surface area contributed by atoms with E-state index in [-0.39, 0.29) is 11.2 Å². The van der Waals surface area contributed by atoms with Crippen molar-refractivity contribution < 1.29 is 9.52 Å². The molecule has 2 atom stereocenters. The van der Waals surface area contributed by atoms with E-state index in [9.17, 15) is 4.79 Å². The van der Waals surface area contributed by atoms with Crippen molar-refractivity contribution in [1.29, 1.82) is 0 Å². The van der Waals surface area contributed by atoms with Crippen molar-refractivity contribution in [2.45, 2.75) is 30.9 Å². The normalized spacial score (nSPS) is 26.0. The summed E-state index contributed by atoms with van der Waals surface area (Å²) in [5.74, 6) is 0.281. The van der Waals surface area contributed by atoms with Crippen molar-refractivity contribution in [3.63, 3.8) is 0 Å². The van der Waals surface area contributed by atoms with E-state index in [0.29, 0.717) is 22.8 Å². The molecule has 0 saturated carbocycles. The van der Waals surface area contributed by atoms with Gasteiger partial charge in [0.2, 0.25) is 5.43 Å². The largest absolute Gasteiger partial charge is 0.502 e. The summed E-state index contributed by atoms with van der Waals surface area (Å²) in [4.78, 5) is 13.6. The summed E-state index contributed by atoms with van der Waals surface area (Å²) >= 11 is 1.99. The highest BCUT2D eigenvalue weighted by molar-refractivity contribution is 8.00. The molecule has 1 saturated heterocycles. The van der Waals surface area contributed by atoms with Gasteiger partial charge in [0.1, 0.15) is 12.0 Å². The maximum Gasteiger partial charge on any atom is 0.226 e. The van der Waals surface area contributed by atoms with E-state index in [1.54, 1.807) is 0 Å². The number of hydrogen-bond donors (Lipinski definition) is 1. The van der Waals surface area contributed by atoms with Crippen molar-refractivity contribution >= 4 is 11.8 Å². The van der Waals surface area contributed by atoms with Crippen molar-refractivity contribution in [2.24, 2.45) is 0 Å². The molecule has 0 amide bonds. The Hall–Kier alpha value is -0.940. The summed E-state index contributed by atoms with van der Waals surface area (Å²) in [6, 6.07) is 1.37. The molecule has 0 aromatic carbocycles. The lowest BCUT2D eigenvalue weighted by atomic mass is 10.3. The Bertz CT molecular complexity index is 436. The fourth-order valence-corrected chi connectivity index (χ4v) is 3.55. The summed E-state index contributed by atoms with van der Waals surface area (Å²) in [5, 5.41) is 10.3. The fourth-order valence-electron chi connectivity index (χ4n) is 2.16. The van der Waals surface area contributed by atoms with Crippen LogP contribution < -0.4 is 5.43 Å². The first-order valence-corrected chi connectivity index (χ1v) is 6.67. The molecule has 4 nitrogen and oxygen atoms in total. The van der Waals surface area contributed by atoms with Crippen LogP contribution in [0.1, 0.15) is 19.6 Å². The fraction of sp³-hybridized carbons (Fsp3) is 0.583. The Morgan fingerprint density at radius 2 is 2.12 bits per heavy atom. The maximum absolute atomic E-state index is 11.3. The van der Waals surface area contributed by atoms with E-state index in [2.05, 4.69) is 18.7 Å². The predicted molar refractivity (Wildman–Crippen MR) is 68.4 cm³/mol. The quantitative estimate of drug-likeness (QED) is 0.871. The van der Waals surface area contributed by atoms with Gasteiger partial charge in [-0.05, 0) is 0 Å². The second-order valence-electron chi connectivity index (χ2n) is 4.55. The first-order valence-electron chi connectivity index (χ1n) is 5.73. The van der Waals surface area contributed by atoms with Gasteiger partial charge in [-0.2, -0.15) is 11.8 Å². The summed E-state index contributed by atoms with van der Waals surface area (Å²) in [5.41, 5.74) is -0.376. The minimum Gasteiger partial charge on any atom is -0.502 e. The molecule has 1 aromatic rings. The molecule has 2 unspecified atom stereocenters. The van der Waals surface area contributed by atoms with Gasteiger partial charge >= 0.3 is 0 Å². The van der Waals surface area contributed by atoms with Crippen LogP contribution in [0.25, 0.3) is 0 Å². The first kappa shape index (κ1) is 12.5. The van der Waals surface area contributed by atoms with Crippen LogP contribution in [0, 0.1) is 0 Å². The monoisotopic (exact) mass is 255 g/mol. The smallest absolute Gasteiger partial charge is 0.226 e. The molecule has 0 spiro atoms. The van der Waals surface area contributed by atoms with Gasteiger partial charge in [0.15, 0.2) is 5.75 Å². The molecule has 1 fully saturated rings. The van der Waals surface area contributed by atoms with E-state index >= 15 is 0 Å². The molecule has 1 aromatic heterocycles. The van der Waals surface area contributed by atoms with Gasteiger partial charge in [-0.3, -0.25) is 9.69 Å². The molecule has 2 heterocycles. The first-order chi connectivity index (χ1) is 8.04. The number of hydrogen-bond acceptors (Lipinski definition) is 5. The zero-order valence-electron chi connectivity index (χ0n) is 10.0. The highest BCUT2D eigenvalue weighted by Crippen LogP contribution is 2.25. The minimum atomic E-state index is -0.376. The van der Waals surface area contributed by atoms with Crippen LogP contribution in [0.5, 0.6) is 5.75 Å². The number of thioether (sulfide) groups is 1. The SMILES string of the molecule is CC1CN(Cc2cc(=O)c(O)co2)CC(C)S1. The van der Waals surface area contributed by atoms with Gasteiger partial charge in [-0.1, -0.05) is 13.8 Å². The van der Waals surface area contributed by atoms with E-state index in [0.717, 1.165) is 19.4 Å². The maximum atomic E-state index is 11.3. The summed E-state index contributed by atoms with van der Waals surface area (Å²) in [7, 11) is 0. The van der Waals surface area contributed by atoms with Crippen LogP contribution in [0.3, 0.4) is 0 Å². The highest BCUT2D eigenvalue weighted by atomic mass is 32.2. The van der Waals surface area contributed by atoms with Gasteiger partial charge in [0, 0.05) is 29.7 Å². The molecular weight excluding hydrogens is 238 g/mol. The van der Waals surface area contributed by atoms with Crippen LogP contribution in [-0.2, 0) is 6.54 Å². The topological polar surface area (TPSA) is 53.7 Å². The van der Waals surface area contributed by atoms with Gasteiger partial charge in [-0.15, -0.1) is 0 Å². The predicted octanol–water partition coefficient (Wildman–Crippen LogP) is 1.67. The zero-order valence-corrected chi connectivity index (χ0v) is 10.9. The van der Waals surface area contributed by atoms with Crippen molar-refractivity contribution in [3.8, 4) is 5.75 Å². The number of aromatic hydroxyl groups is 1. The molecule has 1 aliphatic rings. The lowest BCUT2D eigenvalue weighted by molar-refractivity contribution is 0.237. The van der Waals surface area contributed by atoms with Crippen LogP contribution in [0.15, 0.2) is 21.5 Å². The third-order valence-electron chi connectivity index (χ3n) is 2.74. The van der Waals surface area contributed by atoms with Crippen LogP contribution in [0.2, 0.25) is 0 Å². The van der Waals surface area contributed by atoms with Crippen molar-refractivity contribution in [3.05, 3.63) is 28.3 Å². The standard InChI is InChI=1S/C12H17NO3S/c1-8-4-13(5-9(2)17-8)6-10-3-11(14)12(15)7-16-10/h3,7-9,15H,4-6H2,1-2H3. The van der Waals surface area contributed by atoms with Crippen LogP contribution in [0.4, 0.5) is 0 Å². The van der Waals surface area contributed by atoms with Crippen LogP contribution >= 0.6 is 11.8 Å². The van der Waals surface area contributed by atoms with E-state index in [4.69, 9.17) is 9.52 Å². The number of nitrogens with zero attached hydrogens (tertiary/aromatic N) is 1. The third-order valence-corrected chi connectivity index (χ3v) is 3.97. The minimum absolute atomic E-state index is 0.329. The van der Waals surface area contributed by atoms with E-state index in [1.165, 1.54) is 6.07 Å². The van der Waals surface area contributed by atoms with Gasteiger partial charge in [-0.25, -0.2) is 0 Å². The van der Waals surface area contributed by atoms with Crippen molar-refractivity contribution in [1.82, 2.24) is 4.90 Å². The van der Waals surface area contributed by atoms with E-state index < -0.39 is 0 Å². The molecule has 5 heteroatoms. The van der Waals surface area contributed by atoms with Gasteiger partial charge in [0.25, 0.3) is 0 Å². The molecule has 1 N–H and O–H groups in total. The molecule has 2 rings (SSSR count). The molecule has 94 valence electrons. The van der Waals surface area contributed by atoms with Crippen molar-refractivity contribution in [2.75, 3.05) is 13.1 Å². The van der Waals surface area contributed by atoms with E-state index in [1.807, 2.05) is 11.8 Å². The zero-order chi connectivity index (χ0) is 12.4. The Labute approximate surface area is 105 Å². The Morgan fingerprint density at radius 1 is 1.47 bits per heavy atom. The van der Waals surface area contributed by atoms with Gasteiger partial charge < -0.3 is 9.52 Å². The van der Waals surface area contributed by atoms with Gasteiger partial charge in [0.05, 0.1) is 6.54 Å². The average Bonchev–Trinajstić information content (AvgIpc) is 2.22. The molecule has 0 radical (unpaired) electrons. The second kappa shape index (κ2) is 5.14. The lowest BCUT2D eigenvalue weighted by Crippen LogP contribution is -2.39. The molecular formula is C12H17NO3S. The summed E-state index contributed by atoms with van der Waals surface area (Å²) in [6.45, 7) is 7.05. The Kier molecular flexibility index (Phi) is 3.79.